The van der Waals surface area contributed by atoms with Crippen LogP contribution in [0.1, 0.15) is 12.8 Å². The lowest BCUT2D eigenvalue weighted by Gasteiger charge is -2.19. The highest BCUT2D eigenvalue weighted by Gasteiger charge is 2.34. The number of benzene rings is 2. The van der Waals surface area contributed by atoms with Gasteiger partial charge in [0.15, 0.2) is 11.5 Å². The molecule has 2 aromatic carbocycles. The van der Waals surface area contributed by atoms with Gasteiger partial charge in [0, 0.05) is 16.0 Å². The van der Waals surface area contributed by atoms with Crippen molar-refractivity contribution in [3.8, 4) is 27.6 Å². The van der Waals surface area contributed by atoms with E-state index in [1.807, 2.05) is 30.3 Å². The maximum Gasteiger partial charge on any atom is 0.320 e. The summed E-state index contributed by atoms with van der Waals surface area (Å²) >= 11 is 7.39. The topological polar surface area (TPSA) is 106 Å². The molecule has 0 spiro atoms. The molecule has 0 radical (unpaired) electrons. The third-order valence-electron chi connectivity index (χ3n) is 5.99. The number of hydrogen-bond donors (Lipinski definition) is 1. The lowest BCUT2D eigenvalue weighted by molar-refractivity contribution is -0.150. The smallest absolute Gasteiger partial charge is 0.320 e. The molecular formula is C26H25Cl2N3O5S. The first-order valence-corrected chi connectivity index (χ1v) is 12.6. The number of methoxy groups -OCH3 is 1. The molecule has 2 heterocycles. The van der Waals surface area contributed by atoms with Gasteiger partial charge in [-0.05, 0) is 54.7 Å². The summed E-state index contributed by atoms with van der Waals surface area (Å²) in [5.41, 5.74) is 7.40. The predicted octanol–water partition coefficient (Wildman–Crippen LogP) is 4.86. The van der Waals surface area contributed by atoms with Crippen LogP contribution in [0, 0.1) is 5.92 Å². The quantitative estimate of drug-likeness (QED) is 0.291. The summed E-state index contributed by atoms with van der Waals surface area (Å²) in [5.74, 6) is 0.768. The van der Waals surface area contributed by atoms with E-state index in [-0.39, 0.29) is 43.1 Å². The van der Waals surface area contributed by atoms with Crippen LogP contribution in [0.15, 0.2) is 59.7 Å². The molecular weight excluding hydrogens is 537 g/mol. The normalized spacial score (nSPS) is 13.6. The monoisotopic (exact) mass is 561 g/mol. The van der Waals surface area contributed by atoms with Gasteiger partial charge in [0.05, 0.1) is 24.9 Å². The number of thiophene rings is 1. The van der Waals surface area contributed by atoms with Crippen LogP contribution < -0.4 is 20.8 Å². The predicted molar refractivity (Wildman–Crippen MR) is 147 cm³/mol. The third-order valence-corrected chi connectivity index (χ3v) is 7.41. The van der Waals surface area contributed by atoms with Crippen molar-refractivity contribution in [2.45, 2.75) is 18.9 Å². The Morgan fingerprint density at radius 3 is 2.62 bits per heavy atom. The van der Waals surface area contributed by atoms with Crippen molar-refractivity contribution in [2.75, 3.05) is 20.3 Å². The van der Waals surface area contributed by atoms with Gasteiger partial charge in [-0.2, -0.15) is 0 Å². The van der Waals surface area contributed by atoms with E-state index in [0.717, 1.165) is 23.3 Å². The molecule has 8 nitrogen and oxygen atoms in total. The molecule has 1 saturated carbocycles. The Kier molecular flexibility index (Phi) is 8.39. The van der Waals surface area contributed by atoms with Gasteiger partial charge in [-0.15, -0.1) is 23.7 Å². The van der Waals surface area contributed by atoms with Crippen LogP contribution >= 0.6 is 35.3 Å². The summed E-state index contributed by atoms with van der Waals surface area (Å²) in [6.45, 7) is 0.0298. The Morgan fingerprint density at radius 1 is 1.19 bits per heavy atom. The molecule has 0 aliphatic heterocycles. The molecule has 2 aromatic heterocycles. The first-order valence-electron chi connectivity index (χ1n) is 11.4. The molecule has 0 saturated heterocycles. The number of hydrogen-bond acceptors (Lipinski definition) is 8. The Hall–Kier alpha value is -3.11. The van der Waals surface area contributed by atoms with Gasteiger partial charge in [0.1, 0.15) is 23.7 Å². The Balaban J connectivity index is 0.00000320. The minimum atomic E-state index is -0.451. The van der Waals surface area contributed by atoms with Crippen LogP contribution in [0.5, 0.6) is 11.5 Å². The number of carbonyl (C=O) groups excluding carboxylic acids is 1. The van der Waals surface area contributed by atoms with Gasteiger partial charge in [-0.3, -0.25) is 14.2 Å². The van der Waals surface area contributed by atoms with E-state index in [1.165, 1.54) is 29.3 Å². The number of halogens is 2. The van der Waals surface area contributed by atoms with Crippen LogP contribution in [0.3, 0.4) is 0 Å². The number of ether oxygens (including phenoxy) is 3. The summed E-state index contributed by atoms with van der Waals surface area (Å²) in [7, 11) is 1.53. The molecule has 11 heteroatoms. The average molecular weight is 562 g/mol. The number of nitrogens with zero attached hydrogens (tertiary/aromatic N) is 2. The van der Waals surface area contributed by atoms with E-state index >= 15 is 0 Å². The third kappa shape index (κ3) is 5.91. The molecule has 1 aliphatic rings. The first kappa shape index (κ1) is 26.9. The highest BCUT2D eigenvalue weighted by molar-refractivity contribution is 7.22. The van der Waals surface area contributed by atoms with E-state index in [0.29, 0.717) is 32.4 Å². The van der Waals surface area contributed by atoms with Crippen molar-refractivity contribution in [1.29, 1.82) is 0 Å². The molecule has 1 aliphatic carbocycles. The average Bonchev–Trinajstić information content (AvgIpc) is 3.65. The van der Waals surface area contributed by atoms with E-state index in [1.54, 1.807) is 18.2 Å². The molecule has 0 bridgehead atoms. The number of esters is 1. The van der Waals surface area contributed by atoms with Crippen molar-refractivity contribution in [3.63, 3.8) is 0 Å². The first-order chi connectivity index (χ1) is 17.5. The molecule has 37 heavy (non-hydrogen) atoms. The van der Waals surface area contributed by atoms with Gasteiger partial charge in [0.25, 0.3) is 5.56 Å². The number of rotatable bonds is 9. The molecule has 5 rings (SSSR count). The zero-order valence-corrected chi connectivity index (χ0v) is 22.3. The fraction of sp³-hybridized carbons (Fsp3) is 0.269. The number of nitrogens with two attached hydrogens (primary N) is 1. The minimum Gasteiger partial charge on any atom is -0.493 e. The largest absolute Gasteiger partial charge is 0.493 e. The van der Waals surface area contributed by atoms with Gasteiger partial charge in [-0.1, -0.05) is 23.7 Å². The van der Waals surface area contributed by atoms with Crippen molar-refractivity contribution >= 4 is 51.5 Å². The highest BCUT2D eigenvalue weighted by Crippen LogP contribution is 2.36. The standard InChI is InChI=1S/C26H24ClN3O5S.ClH/c1-33-21-10-18(8-9-20(21)34-13-22(15-2-3-15)35-24(31)12-28)30-14-29-19-11-23(36-25(19)26(30)32)16-4-6-17(27)7-5-16;/h4-11,14-15,22H,2-3,12-13,28H2,1H3;1H/t22-;/m0./s1. The van der Waals surface area contributed by atoms with Crippen LogP contribution in [0.2, 0.25) is 5.02 Å². The number of fused-ring (bicyclic) bond motifs is 1. The summed E-state index contributed by atoms with van der Waals surface area (Å²) in [4.78, 5) is 30.4. The number of carbonyl (C=O) groups is 1. The van der Waals surface area contributed by atoms with Crippen LogP contribution in [-0.2, 0) is 9.53 Å². The molecule has 194 valence electrons. The highest BCUT2D eigenvalue weighted by atomic mass is 35.5. The van der Waals surface area contributed by atoms with Gasteiger partial charge in [-0.25, -0.2) is 4.98 Å². The van der Waals surface area contributed by atoms with Crippen molar-refractivity contribution in [2.24, 2.45) is 11.7 Å². The summed E-state index contributed by atoms with van der Waals surface area (Å²) in [6, 6.07) is 14.6. The molecule has 0 unspecified atom stereocenters. The molecule has 1 fully saturated rings. The SMILES string of the molecule is COc1cc(-n2cnc3cc(-c4ccc(Cl)cc4)sc3c2=O)ccc1OC[C@H](OC(=O)CN)C1CC1.Cl. The van der Waals surface area contributed by atoms with Crippen LogP contribution in [0.25, 0.3) is 26.3 Å². The molecule has 1 atom stereocenters. The molecule has 2 N–H and O–H groups in total. The Bertz CT molecular complexity index is 1470. The second-order valence-corrected chi connectivity index (χ2v) is 9.96. The van der Waals surface area contributed by atoms with E-state index in [2.05, 4.69) is 4.98 Å². The van der Waals surface area contributed by atoms with Crippen LogP contribution in [-0.4, -0.2) is 41.9 Å². The van der Waals surface area contributed by atoms with Crippen molar-refractivity contribution in [3.05, 3.63) is 70.2 Å². The Morgan fingerprint density at radius 2 is 1.95 bits per heavy atom. The summed E-state index contributed by atoms with van der Waals surface area (Å²) in [5, 5.41) is 0.654. The van der Waals surface area contributed by atoms with Crippen molar-refractivity contribution < 1.29 is 19.0 Å². The van der Waals surface area contributed by atoms with E-state index in [9.17, 15) is 9.59 Å². The van der Waals surface area contributed by atoms with E-state index < -0.39 is 5.97 Å². The number of aromatic nitrogens is 2. The lowest BCUT2D eigenvalue weighted by atomic mass is 10.2. The second-order valence-electron chi connectivity index (χ2n) is 8.47. The fourth-order valence-corrected chi connectivity index (χ4v) is 5.07. The maximum atomic E-state index is 13.3. The van der Waals surface area contributed by atoms with Gasteiger partial charge < -0.3 is 19.9 Å². The van der Waals surface area contributed by atoms with Crippen molar-refractivity contribution in [1.82, 2.24) is 9.55 Å². The van der Waals surface area contributed by atoms with Gasteiger partial charge >= 0.3 is 5.97 Å². The second kappa shape index (κ2) is 11.5. The molecule has 0 amide bonds. The Labute approximate surface area is 228 Å². The van der Waals surface area contributed by atoms with E-state index in [4.69, 9.17) is 31.5 Å². The molecule has 4 aromatic rings. The zero-order valence-electron chi connectivity index (χ0n) is 19.9. The maximum absolute atomic E-state index is 13.3. The minimum absolute atomic E-state index is 0. The zero-order chi connectivity index (χ0) is 25.2. The summed E-state index contributed by atoms with van der Waals surface area (Å²) in [6.07, 6.45) is 3.13. The fourth-order valence-electron chi connectivity index (χ4n) is 3.90. The lowest BCUT2D eigenvalue weighted by Crippen LogP contribution is -2.30. The van der Waals surface area contributed by atoms with Crippen LogP contribution in [0.4, 0.5) is 0 Å². The van der Waals surface area contributed by atoms with Gasteiger partial charge in [0.2, 0.25) is 0 Å². The summed E-state index contributed by atoms with van der Waals surface area (Å²) < 4.78 is 18.9.